The van der Waals surface area contributed by atoms with Crippen LogP contribution in [0.4, 0.5) is 0 Å². The molecule has 0 bridgehead atoms. The number of benzene rings is 2. The fraction of sp³-hybridized carbons (Fsp3) is 0.318. The van der Waals surface area contributed by atoms with Gasteiger partial charge in [-0.3, -0.25) is 9.59 Å². The van der Waals surface area contributed by atoms with Crippen LogP contribution in [0.2, 0.25) is 0 Å². The van der Waals surface area contributed by atoms with Crippen LogP contribution in [0.25, 0.3) is 0 Å². The molecule has 0 spiro atoms. The summed E-state index contributed by atoms with van der Waals surface area (Å²) in [6.45, 7) is 0.245. The molecule has 36 heavy (non-hydrogen) atoms. The topological polar surface area (TPSA) is 245 Å². The molecule has 186 valence electrons. The molecular formula is C22H19NaO13. The first-order valence-corrected chi connectivity index (χ1v) is 10.1. The molecule has 4 rings (SSSR count). The fourth-order valence-corrected chi connectivity index (χ4v) is 4.57. The van der Waals surface area contributed by atoms with Gasteiger partial charge in [-0.05, 0) is 18.6 Å². The molecule has 13 nitrogen and oxygen atoms in total. The molecule has 8 N–H and O–H groups in total. The van der Waals surface area contributed by atoms with Crippen LogP contribution in [0.15, 0.2) is 6.07 Å². The Bertz CT molecular complexity index is 1300. The zero-order chi connectivity index (χ0) is 26.1. The molecule has 2 aliphatic rings. The molecule has 0 aromatic heterocycles. The number of aromatic hydroxyl groups is 4. The number of fused-ring (bicyclic) bond motifs is 2. The van der Waals surface area contributed by atoms with Gasteiger partial charge < -0.3 is 55.5 Å². The molecule has 0 saturated carbocycles. The summed E-state index contributed by atoms with van der Waals surface area (Å²) in [6, 6.07) is 0.676. The number of aromatic carboxylic acids is 1. The Hall–Kier alpha value is -2.75. The van der Waals surface area contributed by atoms with Crippen LogP contribution in [0.1, 0.15) is 59.4 Å². The second-order valence-corrected chi connectivity index (χ2v) is 8.22. The van der Waals surface area contributed by atoms with Crippen molar-refractivity contribution in [2.24, 2.45) is 0 Å². The molecule has 1 aliphatic carbocycles. The number of aliphatic hydroxyl groups is 4. The van der Waals surface area contributed by atoms with E-state index in [0.717, 1.165) is 6.92 Å². The van der Waals surface area contributed by atoms with Crippen LogP contribution in [-0.4, -0.2) is 89.4 Å². The van der Waals surface area contributed by atoms with Gasteiger partial charge in [0.2, 0.25) is 0 Å². The molecule has 2 aromatic rings. The Labute approximate surface area is 223 Å². The smallest absolute Gasteiger partial charge is 0.545 e. The summed E-state index contributed by atoms with van der Waals surface area (Å²) >= 11 is 0. The largest absolute Gasteiger partial charge is 1.00 e. The Balaban J connectivity index is 0.00000361. The molecule has 1 heterocycles. The molecule has 1 saturated heterocycles. The van der Waals surface area contributed by atoms with Gasteiger partial charge in [-0.25, -0.2) is 0 Å². The van der Waals surface area contributed by atoms with Gasteiger partial charge in [0.1, 0.15) is 42.0 Å². The molecule has 14 heteroatoms. The second kappa shape index (κ2) is 9.61. The van der Waals surface area contributed by atoms with E-state index in [4.69, 9.17) is 4.74 Å². The number of carboxylic acid groups (broad SMARTS) is 1. The van der Waals surface area contributed by atoms with Gasteiger partial charge in [-0.2, -0.15) is 0 Å². The minimum atomic E-state index is -2.04. The van der Waals surface area contributed by atoms with Gasteiger partial charge in [-0.1, -0.05) is 0 Å². The summed E-state index contributed by atoms with van der Waals surface area (Å²) in [6.07, 6.45) is -9.16. The number of ketones is 2. The Morgan fingerprint density at radius 3 is 2.06 bits per heavy atom. The first-order chi connectivity index (χ1) is 16.3. The third kappa shape index (κ3) is 3.76. The van der Waals surface area contributed by atoms with Crippen molar-refractivity contribution in [3.05, 3.63) is 45.0 Å². The van der Waals surface area contributed by atoms with E-state index in [1.807, 2.05) is 0 Å². The van der Waals surface area contributed by atoms with Crippen LogP contribution in [0.3, 0.4) is 0 Å². The Morgan fingerprint density at radius 2 is 1.50 bits per heavy atom. The van der Waals surface area contributed by atoms with E-state index < -0.39 is 111 Å². The number of aliphatic hydroxyl groups excluding tert-OH is 4. The van der Waals surface area contributed by atoms with Gasteiger partial charge in [0.05, 0.1) is 29.3 Å². The zero-order valence-electron chi connectivity index (χ0n) is 18.8. The van der Waals surface area contributed by atoms with Gasteiger partial charge in [0.25, 0.3) is 0 Å². The molecule has 1 aliphatic heterocycles. The molecule has 5 unspecified atom stereocenters. The minimum absolute atomic E-state index is 0. The maximum absolute atomic E-state index is 13.4. The van der Waals surface area contributed by atoms with E-state index in [0.29, 0.717) is 6.07 Å². The summed E-state index contributed by atoms with van der Waals surface area (Å²) < 4.78 is 5.29. The summed E-state index contributed by atoms with van der Waals surface area (Å²) in [7, 11) is 0. The van der Waals surface area contributed by atoms with E-state index in [-0.39, 0.29) is 35.1 Å². The maximum Gasteiger partial charge on any atom is 1.00 e. The molecule has 2 aromatic carbocycles. The van der Waals surface area contributed by atoms with E-state index in [1.165, 1.54) is 0 Å². The van der Waals surface area contributed by atoms with Crippen molar-refractivity contribution in [3.8, 4) is 23.0 Å². The van der Waals surface area contributed by atoms with Gasteiger partial charge >= 0.3 is 29.6 Å². The fourth-order valence-electron chi connectivity index (χ4n) is 4.57. The third-order valence-corrected chi connectivity index (χ3v) is 6.32. The normalized spacial score (nSPS) is 25.1. The van der Waals surface area contributed by atoms with E-state index in [2.05, 4.69) is 0 Å². The van der Waals surface area contributed by atoms with Crippen molar-refractivity contribution in [1.82, 2.24) is 0 Å². The molecule has 0 radical (unpaired) electrons. The number of phenols is 4. The predicted octanol–water partition coefficient (Wildman–Crippen LogP) is -5.52. The first-order valence-electron chi connectivity index (χ1n) is 10.1. The summed E-state index contributed by atoms with van der Waals surface area (Å²) in [5.41, 5.74) is -4.78. The zero-order valence-corrected chi connectivity index (χ0v) is 20.8. The number of carboxylic acids is 1. The SMILES string of the molecule is Cc1c(C(=O)[O-])c(O)cc2c1C(=O)c1c(O)c(C3OC(CO)C(O)C(O)C3O)c(O)c(O)c1C2=O.[Na+]. The Morgan fingerprint density at radius 1 is 0.917 bits per heavy atom. The standard InChI is InChI=1S/C22H20O13.Na/c1-4-8-5(2-6(24)9(4)22(33)34)13(25)10-11(15(8)27)16(28)12(18(30)17(10)29)21-20(32)19(31)14(26)7(3-23)35-21;/h2,7,14,19-21,23-24,26,28-32H,3H2,1H3,(H,33,34);/q;+1/p-1. The number of hydrogen-bond donors (Lipinski definition) is 8. The van der Waals surface area contributed by atoms with Crippen LogP contribution >= 0.6 is 0 Å². The van der Waals surface area contributed by atoms with Gasteiger partial charge in [0, 0.05) is 16.7 Å². The second-order valence-electron chi connectivity index (χ2n) is 8.22. The quantitative estimate of drug-likeness (QED) is 0.0924. The number of carbonyl (C=O) groups is 3. The summed E-state index contributed by atoms with van der Waals surface area (Å²) in [5.74, 6) is -8.64. The van der Waals surface area contributed by atoms with Crippen LogP contribution < -0.4 is 34.7 Å². The van der Waals surface area contributed by atoms with E-state index in [9.17, 15) is 60.3 Å². The third-order valence-electron chi connectivity index (χ3n) is 6.32. The van der Waals surface area contributed by atoms with Crippen LogP contribution in [0.5, 0.6) is 23.0 Å². The van der Waals surface area contributed by atoms with Crippen molar-refractivity contribution in [3.63, 3.8) is 0 Å². The number of ether oxygens (including phenoxy) is 1. The minimum Gasteiger partial charge on any atom is -0.545 e. The van der Waals surface area contributed by atoms with E-state index >= 15 is 0 Å². The van der Waals surface area contributed by atoms with Crippen molar-refractivity contribution < 1.29 is 94.6 Å². The van der Waals surface area contributed by atoms with Crippen LogP contribution in [-0.2, 0) is 4.74 Å². The number of hydrogen-bond acceptors (Lipinski definition) is 13. The number of carbonyl (C=O) groups excluding carboxylic acids is 3. The molecular weight excluding hydrogens is 495 g/mol. The van der Waals surface area contributed by atoms with Crippen molar-refractivity contribution in [2.45, 2.75) is 37.4 Å². The van der Waals surface area contributed by atoms with Crippen molar-refractivity contribution in [2.75, 3.05) is 6.61 Å². The maximum atomic E-state index is 13.4. The number of rotatable bonds is 3. The molecule has 5 atom stereocenters. The number of phenolic OH excluding ortho intramolecular Hbond substituents is 3. The average Bonchev–Trinajstić information content (AvgIpc) is 2.79. The van der Waals surface area contributed by atoms with Gasteiger partial charge in [0.15, 0.2) is 23.1 Å². The molecule has 0 amide bonds. The average molecular weight is 514 g/mol. The van der Waals surface area contributed by atoms with Crippen molar-refractivity contribution >= 4 is 17.5 Å². The summed E-state index contributed by atoms with van der Waals surface area (Å²) in [5, 5.41) is 93.4. The van der Waals surface area contributed by atoms with Crippen molar-refractivity contribution in [1.29, 1.82) is 0 Å². The van der Waals surface area contributed by atoms with E-state index in [1.54, 1.807) is 0 Å². The van der Waals surface area contributed by atoms with Crippen LogP contribution in [0, 0.1) is 6.92 Å². The molecule has 1 fully saturated rings. The summed E-state index contributed by atoms with van der Waals surface area (Å²) in [4.78, 5) is 37.9. The monoisotopic (exact) mass is 514 g/mol. The Kier molecular flexibility index (Phi) is 7.43. The van der Waals surface area contributed by atoms with Gasteiger partial charge in [-0.15, -0.1) is 0 Å². The first kappa shape index (κ1) is 27.8. The predicted molar refractivity (Wildman–Crippen MR) is 108 cm³/mol.